The van der Waals surface area contributed by atoms with Crippen LogP contribution in [0.25, 0.3) is 0 Å². The normalized spacial score (nSPS) is 16.8. The smallest absolute Gasteiger partial charge is 0.350 e. The summed E-state index contributed by atoms with van der Waals surface area (Å²) in [7, 11) is 0. The molecule has 0 aliphatic carbocycles. The molecule has 4 nitrogen and oxygen atoms in total. The van der Waals surface area contributed by atoms with Crippen LogP contribution in [0.3, 0.4) is 0 Å². The molecule has 1 aromatic carbocycles. The van der Waals surface area contributed by atoms with Crippen LogP contribution in [0.15, 0.2) is 24.3 Å². The van der Waals surface area contributed by atoms with Gasteiger partial charge >= 0.3 is 6.18 Å². The third-order valence-electron chi connectivity index (χ3n) is 3.95. The Bertz CT molecular complexity index is 536. The second-order valence-corrected chi connectivity index (χ2v) is 6.55. The molecule has 1 heterocycles. The minimum Gasteiger partial charge on any atom is -0.350 e. The number of hydrogen-bond donors (Lipinski definition) is 2. The number of alkyl halides is 3. The first-order valence-corrected chi connectivity index (χ1v) is 9.18. The van der Waals surface area contributed by atoms with E-state index in [9.17, 15) is 18.0 Å². The lowest BCUT2D eigenvalue weighted by Gasteiger charge is -2.35. The van der Waals surface area contributed by atoms with Gasteiger partial charge in [0.15, 0.2) is 0 Å². The van der Waals surface area contributed by atoms with Gasteiger partial charge in [-0.05, 0) is 24.0 Å². The zero-order chi connectivity index (χ0) is 17.6. The molecule has 0 saturated carbocycles. The summed E-state index contributed by atoms with van der Waals surface area (Å²) in [6, 6.07) is 5.29. The van der Waals surface area contributed by atoms with Gasteiger partial charge in [-0.2, -0.15) is 24.9 Å². The van der Waals surface area contributed by atoms with Gasteiger partial charge in [0.1, 0.15) is 6.04 Å². The maximum absolute atomic E-state index is 13.3. The third-order valence-corrected chi connectivity index (χ3v) is 4.58. The van der Waals surface area contributed by atoms with Gasteiger partial charge in [0.2, 0.25) is 0 Å². The van der Waals surface area contributed by atoms with Crippen molar-refractivity contribution < 1.29 is 18.0 Å². The Morgan fingerprint density at radius 1 is 1.28 bits per heavy atom. The molecule has 0 aromatic heterocycles. The molecule has 1 atom stereocenters. The number of halogens is 4. The van der Waals surface area contributed by atoms with Gasteiger partial charge in [-0.3, -0.25) is 9.69 Å². The van der Waals surface area contributed by atoms with E-state index in [0.29, 0.717) is 31.7 Å². The van der Waals surface area contributed by atoms with Crippen molar-refractivity contribution >= 4 is 30.1 Å². The number of thioether (sulfide) groups is 1. The van der Waals surface area contributed by atoms with Crippen LogP contribution in [0, 0.1) is 0 Å². The summed E-state index contributed by atoms with van der Waals surface area (Å²) in [6.07, 6.45) is -2.39. The number of benzene rings is 1. The fourth-order valence-electron chi connectivity index (χ4n) is 2.66. The van der Waals surface area contributed by atoms with E-state index >= 15 is 0 Å². The van der Waals surface area contributed by atoms with E-state index in [2.05, 4.69) is 10.6 Å². The number of carbonyl (C=O) groups is 1. The second-order valence-electron chi connectivity index (χ2n) is 5.68. The van der Waals surface area contributed by atoms with Gasteiger partial charge in [0.25, 0.3) is 5.91 Å². The highest BCUT2D eigenvalue weighted by Gasteiger charge is 2.43. The summed E-state index contributed by atoms with van der Waals surface area (Å²) < 4.78 is 39.8. The van der Waals surface area contributed by atoms with Gasteiger partial charge < -0.3 is 10.6 Å². The Morgan fingerprint density at radius 3 is 2.40 bits per heavy atom. The molecular formula is C16H23ClF3N3OS. The van der Waals surface area contributed by atoms with Crippen molar-refractivity contribution in [2.45, 2.75) is 18.0 Å². The van der Waals surface area contributed by atoms with Gasteiger partial charge in [-0.15, -0.1) is 12.4 Å². The van der Waals surface area contributed by atoms with Gasteiger partial charge in [-0.1, -0.05) is 12.1 Å². The van der Waals surface area contributed by atoms with Gasteiger partial charge in [0, 0.05) is 44.0 Å². The molecule has 1 saturated heterocycles. The molecule has 142 valence electrons. The maximum atomic E-state index is 13.3. The fourth-order valence-corrected chi connectivity index (χ4v) is 3.18. The molecule has 0 bridgehead atoms. The Hall–Kier alpha value is -0.960. The SMILES string of the molecule is CSCc1ccc(C(=O)NCC(N2CCNCC2)C(F)(F)F)cc1.Cl. The number of hydrogen-bond acceptors (Lipinski definition) is 4. The van der Waals surface area contributed by atoms with Crippen molar-refractivity contribution in [1.82, 2.24) is 15.5 Å². The minimum atomic E-state index is -4.37. The second kappa shape index (κ2) is 10.3. The van der Waals surface area contributed by atoms with Crippen molar-refractivity contribution in [1.29, 1.82) is 0 Å². The molecule has 1 aliphatic heterocycles. The van der Waals surface area contributed by atoms with Crippen molar-refractivity contribution in [3.8, 4) is 0 Å². The Kier molecular flexibility index (Phi) is 9.06. The number of piperazine rings is 1. The molecule has 1 fully saturated rings. The Labute approximate surface area is 156 Å². The van der Waals surface area contributed by atoms with Crippen molar-refractivity contribution in [3.05, 3.63) is 35.4 Å². The van der Waals surface area contributed by atoms with Crippen molar-refractivity contribution in [2.24, 2.45) is 0 Å². The molecule has 1 aliphatic rings. The van der Waals surface area contributed by atoms with Crippen LogP contribution in [-0.4, -0.2) is 62.0 Å². The van der Waals surface area contributed by atoms with E-state index < -0.39 is 24.7 Å². The van der Waals surface area contributed by atoms with E-state index in [-0.39, 0.29) is 12.4 Å². The summed E-state index contributed by atoms with van der Waals surface area (Å²) >= 11 is 1.67. The molecule has 9 heteroatoms. The molecule has 0 spiro atoms. The van der Waals surface area contributed by atoms with Gasteiger partial charge in [-0.25, -0.2) is 0 Å². The van der Waals surface area contributed by atoms with E-state index in [1.165, 1.54) is 4.90 Å². The van der Waals surface area contributed by atoms with Crippen LogP contribution >= 0.6 is 24.2 Å². The molecular weight excluding hydrogens is 375 g/mol. The van der Waals surface area contributed by atoms with E-state index in [0.717, 1.165) is 11.3 Å². The lowest BCUT2D eigenvalue weighted by Crippen LogP contribution is -2.57. The van der Waals surface area contributed by atoms with E-state index in [1.807, 2.05) is 18.4 Å². The van der Waals surface area contributed by atoms with Crippen molar-refractivity contribution in [3.63, 3.8) is 0 Å². The molecule has 1 aromatic rings. The summed E-state index contributed by atoms with van der Waals surface area (Å²) in [5, 5.41) is 5.46. The quantitative estimate of drug-likeness (QED) is 0.774. The molecule has 25 heavy (non-hydrogen) atoms. The average Bonchev–Trinajstić information content (AvgIpc) is 2.55. The average molecular weight is 398 g/mol. The molecule has 2 rings (SSSR count). The van der Waals surface area contributed by atoms with Crippen LogP contribution in [-0.2, 0) is 5.75 Å². The summed E-state index contributed by atoms with van der Waals surface area (Å²) in [5.41, 5.74) is 1.45. The number of nitrogens with zero attached hydrogens (tertiary/aromatic N) is 1. The first kappa shape index (κ1) is 22.1. The minimum absolute atomic E-state index is 0. The highest BCUT2D eigenvalue weighted by Crippen LogP contribution is 2.24. The lowest BCUT2D eigenvalue weighted by atomic mass is 10.1. The van der Waals surface area contributed by atoms with Crippen LogP contribution < -0.4 is 10.6 Å². The number of carbonyl (C=O) groups excluding carboxylic acids is 1. The van der Waals surface area contributed by atoms with E-state index in [1.54, 1.807) is 23.9 Å². The fraction of sp³-hybridized carbons (Fsp3) is 0.562. The Balaban J connectivity index is 0.00000312. The molecule has 1 unspecified atom stereocenters. The molecule has 0 radical (unpaired) electrons. The topological polar surface area (TPSA) is 44.4 Å². The number of nitrogens with one attached hydrogen (secondary N) is 2. The maximum Gasteiger partial charge on any atom is 0.405 e. The standard InChI is InChI=1S/C16H22F3N3OS.ClH/c1-24-11-12-2-4-13(5-3-12)15(23)21-10-14(16(17,18)19)22-8-6-20-7-9-22;/h2-5,14,20H,6-11H2,1H3,(H,21,23);1H. The van der Waals surface area contributed by atoms with E-state index in [4.69, 9.17) is 0 Å². The van der Waals surface area contributed by atoms with Crippen LogP contribution in [0.5, 0.6) is 0 Å². The largest absolute Gasteiger partial charge is 0.405 e. The zero-order valence-corrected chi connectivity index (χ0v) is 15.6. The third kappa shape index (κ3) is 6.69. The van der Waals surface area contributed by atoms with Crippen LogP contribution in [0.1, 0.15) is 15.9 Å². The van der Waals surface area contributed by atoms with Crippen molar-refractivity contribution in [2.75, 3.05) is 39.0 Å². The highest BCUT2D eigenvalue weighted by molar-refractivity contribution is 7.97. The summed E-state index contributed by atoms with van der Waals surface area (Å²) in [5.74, 6) is 0.358. The van der Waals surface area contributed by atoms with Crippen LogP contribution in [0.2, 0.25) is 0 Å². The Morgan fingerprint density at radius 2 is 1.88 bits per heavy atom. The number of amides is 1. The predicted octanol–water partition coefficient (Wildman–Crippen LogP) is 2.54. The highest BCUT2D eigenvalue weighted by atomic mass is 35.5. The molecule has 2 N–H and O–H groups in total. The van der Waals surface area contributed by atoms with Crippen LogP contribution in [0.4, 0.5) is 13.2 Å². The summed E-state index contributed by atoms with van der Waals surface area (Å²) in [6.45, 7) is 1.26. The monoisotopic (exact) mass is 397 g/mol. The first-order chi connectivity index (χ1) is 11.4. The number of rotatable bonds is 6. The van der Waals surface area contributed by atoms with Gasteiger partial charge in [0.05, 0.1) is 0 Å². The zero-order valence-electron chi connectivity index (χ0n) is 13.9. The lowest BCUT2D eigenvalue weighted by molar-refractivity contribution is -0.183. The molecule has 1 amide bonds. The predicted molar refractivity (Wildman–Crippen MR) is 97.5 cm³/mol. The first-order valence-electron chi connectivity index (χ1n) is 7.79. The summed E-state index contributed by atoms with van der Waals surface area (Å²) in [4.78, 5) is 13.5.